The van der Waals surface area contributed by atoms with Gasteiger partial charge in [0.2, 0.25) is 11.8 Å². The van der Waals surface area contributed by atoms with Crippen LogP contribution >= 0.6 is 0 Å². The highest BCUT2D eigenvalue weighted by molar-refractivity contribution is 5.91. The Bertz CT molecular complexity index is 1190. The zero-order valence-electron chi connectivity index (χ0n) is 26.8. The van der Waals surface area contributed by atoms with E-state index in [9.17, 15) is 14.4 Å². The van der Waals surface area contributed by atoms with Crippen molar-refractivity contribution in [3.05, 3.63) is 54.6 Å². The van der Waals surface area contributed by atoms with Gasteiger partial charge in [0.1, 0.15) is 6.10 Å². The fourth-order valence-electron chi connectivity index (χ4n) is 6.09. The predicted octanol–water partition coefficient (Wildman–Crippen LogP) is 5.93. The lowest BCUT2D eigenvalue weighted by Gasteiger charge is -2.40. The Kier molecular flexibility index (Phi) is 13.1. The number of unbranched alkanes of at least 4 members (excludes halogenated alkanes) is 2. The molecule has 2 saturated heterocycles. The molecule has 0 aromatic heterocycles. The number of carbonyl (C=O) groups is 3. The van der Waals surface area contributed by atoms with E-state index in [0.717, 1.165) is 94.5 Å². The normalized spacial score (nSPS) is 16.9. The van der Waals surface area contributed by atoms with E-state index < -0.39 is 6.09 Å². The van der Waals surface area contributed by atoms with E-state index in [4.69, 9.17) is 4.74 Å². The number of hydrazine groups is 1. The van der Waals surface area contributed by atoms with Crippen molar-refractivity contribution < 1.29 is 19.1 Å². The third kappa shape index (κ3) is 10.1. The van der Waals surface area contributed by atoms with Crippen LogP contribution in [0.4, 0.5) is 10.5 Å². The summed E-state index contributed by atoms with van der Waals surface area (Å²) in [4.78, 5) is 41.0. The number of nitrogens with one attached hydrogen (secondary N) is 2. The van der Waals surface area contributed by atoms with Crippen LogP contribution in [0.5, 0.6) is 0 Å². The number of rotatable bonds is 13. The van der Waals surface area contributed by atoms with Gasteiger partial charge in [-0.3, -0.25) is 19.9 Å². The summed E-state index contributed by atoms with van der Waals surface area (Å²) in [5.74, 6) is 0.303. The number of likely N-dealkylation sites (tertiary alicyclic amines) is 1. The van der Waals surface area contributed by atoms with Crippen LogP contribution in [0.25, 0.3) is 11.1 Å². The molecule has 2 aromatic rings. The number of amides is 3. The van der Waals surface area contributed by atoms with Crippen molar-refractivity contribution in [1.82, 2.24) is 20.2 Å². The Morgan fingerprint density at radius 2 is 1.59 bits per heavy atom. The number of benzene rings is 2. The molecule has 3 amide bonds. The van der Waals surface area contributed by atoms with E-state index in [1.807, 2.05) is 73.5 Å². The predicted molar refractivity (Wildman–Crippen MR) is 175 cm³/mol. The molecule has 0 atom stereocenters. The van der Waals surface area contributed by atoms with Crippen LogP contribution in [-0.2, 0) is 14.3 Å². The molecule has 44 heavy (non-hydrogen) atoms. The monoisotopic (exact) mass is 605 g/mol. The van der Waals surface area contributed by atoms with Crippen LogP contribution in [0.1, 0.15) is 72.1 Å². The van der Waals surface area contributed by atoms with E-state index in [2.05, 4.69) is 27.5 Å². The second kappa shape index (κ2) is 17.2. The highest BCUT2D eigenvalue weighted by Crippen LogP contribution is 2.28. The van der Waals surface area contributed by atoms with E-state index >= 15 is 0 Å². The molecular formula is C35H51N5O4. The van der Waals surface area contributed by atoms with E-state index in [1.165, 1.54) is 0 Å². The lowest BCUT2D eigenvalue weighted by molar-refractivity contribution is -0.153. The summed E-state index contributed by atoms with van der Waals surface area (Å²) in [6.07, 6.45) is 6.09. The first-order valence-corrected chi connectivity index (χ1v) is 16.5. The summed E-state index contributed by atoms with van der Waals surface area (Å²) >= 11 is 0. The topological polar surface area (TPSA) is 94.2 Å². The van der Waals surface area contributed by atoms with E-state index in [-0.39, 0.29) is 29.9 Å². The molecule has 9 heteroatoms. The van der Waals surface area contributed by atoms with Gasteiger partial charge < -0.3 is 15.0 Å². The summed E-state index contributed by atoms with van der Waals surface area (Å²) in [7, 11) is 0. The van der Waals surface area contributed by atoms with Gasteiger partial charge in [-0.15, -0.1) is 0 Å². The second-order valence-corrected chi connectivity index (χ2v) is 12.3. The third-order valence-electron chi connectivity index (χ3n) is 8.57. The molecular weight excluding hydrogens is 554 g/mol. The lowest BCUT2D eigenvalue weighted by Crippen LogP contribution is -2.52. The molecule has 2 aliphatic rings. The van der Waals surface area contributed by atoms with E-state index in [0.29, 0.717) is 13.0 Å². The standard InChI is InChI=1S/C35H51N5O4/c1-4-5-11-21-40(39-25-16-29(17-26-39)34(42)36-27(2)3)33(41)20-24-38-22-18-30(19-23-38)44-35(43)37-32-15-10-9-14-31(32)28-12-7-6-8-13-28/h6-10,12-15,27,29-30H,4-5,11,16-26H2,1-3H3,(H,36,42)(H,37,43). The van der Waals surface area contributed by atoms with Gasteiger partial charge in [0, 0.05) is 63.2 Å². The molecule has 0 unspecified atom stereocenters. The average molecular weight is 606 g/mol. The number of piperidine rings is 2. The minimum absolute atomic E-state index is 0.0189. The molecule has 0 radical (unpaired) electrons. The van der Waals surface area contributed by atoms with Gasteiger partial charge in [-0.1, -0.05) is 68.3 Å². The summed E-state index contributed by atoms with van der Waals surface area (Å²) in [6.45, 7) is 10.6. The SMILES string of the molecule is CCCCCN(C(=O)CCN1CCC(OC(=O)Nc2ccccc2-c2ccccc2)CC1)N1CCC(C(=O)NC(C)C)CC1. The van der Waals surface area contributed by atoms with Crippen molar-refractivity contribution in [2.75, 3.05) is 44.6 Å². The quantitative estimate of drug-likeness (QED) is 0.275. The number of nitrogens with zero attached hydrogens (tertiary/aromatic N) is 3. The molecule has 0 spiro atoms. The maximum atomic E-state index is 13.5. The maximum Gasteiger partial charge on any atom is 0.411 e. The van der Waals surface area contributed by atoms with Crippen molar-refractivity contribution in [3.8, 4) is 11.1 Å². The van der Waals surface area contributed by atoms with Crippen molar-refractivity contribution in [2.24, 2.45) is 5.92 Å². The Balaban J connectivity index is 1.21. The lowest BCUT2D eigenvalue weighted by atomic mass is 9.96. The molecule has 2 N–H and O–H groups in total. The smallest absolute Gasteiger partial charge is 0.411 e. The zero-order chi connectivity index (χ0) is 31.3. The molecule has 4 rings (SSSR count). The number of hydrogen-bond acceptors (Lipinski definition) is 6. The number of para-hydroxylation sites is 1. The first-order valence-electron chi connectivity index (χ1n) is 16.5. The van der Waals surface area contributed by atoms with Crippen LogP contribution in [0.15, 0.2) is 54.6 Å². The highest BCUT2D eigenvalue weighted by atomic mass is 16.6. The number of hydrogen-bond donors (Lipinski definition) is 2. The molecule has 2 fully saturated rings. The van der Waals surface area contributed by atoms with Crippen molar-refractivity contribution in [2.45, 2.75) is 84.3 Å². The third-order valence-corrected chi connectivity index (χ3v) is 8.57. The second-order valence-electron chi connectivity index (χ2n) is 12.3. The average Bonchev–Trinajstić information content (AvgIpc) is 3.03. The van der Waals surface area contributed by atoms with Gasteiger partial charge >= 0.3 is 6.09 Å². The molecule has 0 bridgehead atoms. The largest absolute Gasteiger partial charge is 0.446 e. The molecule has 0 saturated carbocycles. The number of anilines is 1. The van der Waals surface area contributed by atoms with Crippen molar-refractivity contribution >= 4 is 23.6 Å². The maximum absolute atomic E-state index is 13.5. The zero-order valence-corrected chi connectivity index (χ0v) is 26.8. The summed E-state index contributed by atoms with van der Waals surface area (Å²) in [5.41, 5.74) is 2.72. The fraction of sp³-hybridized carbons (Fsp3) is 0.571. The number of carbonyl (C=O) groups excluding carboxylic acids is 3. The van der Waals surface area contributed by atoms with Crippen molar-refractivity contribution in [1.29, 1.82) is 0 Å². The Morgan fingerprint density at radius 1 is 0.909 bits per heavy atom. The van der Waals surface area contributed by atoms with Crippen LogP contribution in [0.2, 0.25) is 0 Å². The van der Waals surface area contributed by atoms with Crippen LogP contribution < -0.4 is 10.6 Å². The highest BCUT2D eigenvalue weighted by Gasteiger charge is 2.30. The first kappa shape index (κ1) is 33.5. The van der Waals surface area contributed by atoms with Crippen LogP contribution in [0.3, 0.4) is 0 Å². The Morgan fingerprint density at radius 3 is 2.27 bits per heavy atom. The summed E-state index contributed by atoms with van der Waals surface area (Å²) in [6, 6.07) is 17.9. The van der Waals surface area contributed by atoms with Gasteiger partial charge in [-0.25, -0.2) is 9.80 Å². The van der Waals surface area contributed by atoms with Crippen molar-refractivity contribution in [3.63, 3.8) is 0 Å². The van der Waals surface area contributed by atoms with Crippen LogP contribution in [0, 0.1) is 5.92 Å². The molecule has 2 aliphatic heterocycles. The fourth-order valence-corrected chi connectivity index (χ4v) is 6.09. The molecule has 240 valence electrons. The Hall–Kier alpha value is -3.43. The van der Waals surface area contributed by atoms with Gasteiger partial charge in [0.05, 0.1) is 5.69 Å². The molecule has 2 heterocycles. The summed E-state index contributed by atoms with van der Waals surface area (Å²) < 4.78 is 5.79. The minimum Gasteiger partial charge on any atom is -0.446 e. The molecule has 2 aromatic carbocycles. The van der Waals surface area contributed by atoms with Gasteiger partial charge in [0.25, 0.3) is 0 Å². The van der Waals surface area contributed by atoms with Gasteiger partial charge in [-0.05, 0) is 57.6 Å². The first-order chi connectivity index (χ1) is 21.3. The molecule has 9 nitrogen and oxygen atoms in total. The minimum atomic E-state index is -0.435. The summed E-state index contributed by atoms with van der Waals surface area (Å²) in [5, 5.41) is 10.1. The van der Waals surface area contributed by atoms with E-state index in [1.54, 1.807) is 0 Å². The number of ether oxygens (including phenoxy) is 1. The van der Waals surface area contributed by atoms with Gasteiger partial charge in [-0.2, -0.15) is 0 Å². The molecule has 0 aliphatic carbocycles. The van der Waals surface area contributed by atoms with Gasteiger partial charge in [0.15, 0.2) is 0 Å². The Labute approximate surface area is 263 Å². The van der Waals surface area contributed by atoms with Crippen LogP contribution in [-0.4, -0.2) is 84.2 Å².